The molecule has 0 aliphatic carbocycles. The molecule has 1 atom stereocenters. The molecule has 104 valence electrons. The van der Waals surface area contributed by atoms with Gasteiger partial charge < -0.3 is 0 Å². The second kappa shape index (κ2) is 7.48. The van der Waals surface area contributed by atoms with Crippen LogP contribution in [-0.4, -0.2) is 0 Å². The van der Waals surface area contributed by atoms with E-state index in [4.69, 9.17) is 0 Å². The van der Waals surface area contributed by atoms with E-state index in [1.807, 2.05) is 0 Å². The Bertz CT molecular complexity index is 529. The molecule has 3 aromatic carbocycles. The Hall–Kier alpha value is -1.29. The van der Waals surface area contributed by atoms with Crippen LogP contribution in [0.25, 0.3) is 0 Å². The zero-order chi connectivity index (χ0) is 12.9. The van der Waals surface area contributed by atoms with Crippen molar-refractivity contribution >= 4 is 22.4 Å². The third-order valence-corrected chi connectivity index (χ3v) is 7.21. The normalized spacial score (nSPS) is 10.5. The Morgan fingerprint density at radius 1 is 0.400 bits per heavy atom. The van der Waals surface area contributed by atoms with Crippen molar-refractivity contribution in [2.75, 3.05) is 0 Å². The fourth-order valence-electron chi connectivity index (χ4n) is 1.88. The molecule has 20 heavy (non-hydrogen) atoms. The Balaban J connectivity index is 0.00000147. The molecule has 0 amide bonds. The summed E-state index contributed by atoms with van der Waals surface area (Å²) in [5.41, 5.74) is 0. The minimum atomic E-state index is -1.21. The Morgan fingerprint density at radius 2 is 0.650 bits per heavy atom. The topological polar surface area (TPSA) is 0 Å². The van der Waals surface area contributed by atoms with Crippen molar-refractivity contribution in [3.8, 4) is 0 Å². The molecule has 0 aliphatic rings. The van der Waals surface area contributed by atoms with E-state index in [2.05, 4.69) is 91.0 Å². The molecule has 0 fully saturated rings. The van der Waals surface area contributed by atoms with Crippen molar-refractivity contribution in [2.45, 2.75) is 0 Å². The van der Waals surface area contributed by atoms with Crippen LogP contribution in [0.1, 0.15) is 0 Å². The van der Waals surface area contributed by atoms with Gasteiger partial charge in [-0.2, -0.15) is 9.90 Å². The van der Waals surface area contributed by atoms with Gasteiger partial charge in [-0.3, -0.25) is 0 Å². The first-order valence-corrected chi connectivity index (χ1v) is 8.69. The van der Waals surface area contributed by atoms with E-state index in [1.54, 1.807) is 0 Å². The van der Waals surface area contributed by atoms with Crippen LogP contribution in [0.4, 0.5) is 0 Å². The average molecular weight is 368 g/mol. The summed E-state index contributed by atoms with van der Waals surface area (Å²) in [6.07, 6.45) is 0. The molecule has 0 heterocycles. The SMILES string of the molecule is P.c1cc[c]([Rh]([c]2ccccc2)[c]2ccccc2)cc1. The van der Waals surface area contributed by atoms with E-state index >= 15 is 0 Å². The van der Waals surface area contributed by atoms with E-state index in [1.165, 1.54) is 12.5 Å². The molecule has 0 saturated carbocycles. The monoisotopic (exact) mass is 368 g/mol. The van der Waals surface area contributed by atoms with Gasteiger partial charge in [0.15, 0.2) is 0 Å². The van der Waals surface area contributed by atoms with Crippen LogP contribution in [-0.2, 0) is 16.0 Å². The summed E-state index contributed by atoms with van der Waals surface area (Å²) in [6, 6.07) is 32.6. The van der Waals surface area contributed by atoms with Crippen LogP contribution in [0, 0.1) is 0 Å². The molecule has 3 rings (SSSR count). The summed E-state index contributed by atoms with van der Waals surface area (Å²) in [5, 5.41) is 0. The van der Waals surface area contributed by atoms with Crippen LogP contribution in [0.3, 0.4) is 0 Å². The van der Waals surface area contributed by atoms with Crippen molar-refractivity contribution in [1.29, 1.82) is 0 Å². The van der Waals surface area contributed by atoms with Crippen LogP contribution >= 0.6 is 9.90 Å². The van der Waals surface area contributed by atoms with Gasteiger partial charge in [0.2, 0.25) is 0 Å². The fraction of sp³-hybridized carbons (Fsp3) is 0. The van der Waals surface area contributed by atoms with Crippen molar-refractivity contribution in [3.63, 3.8) is 0 Å². The van der Waals surface area contributed by atoms with Gasteiger partial charge in [-0.05, 0) is 0 Å². The van der Waals surface area contributed by atoms with Crippen molar-refractivity contribution in [2.24, 2.45) is 0 Å². The Kier molecular flexibility index (Phi) is 5.65. The Morgan fingerprint density at radius 3 is 0.900 bits per heavy atom. The second-order valence-electron chi connectivity index (χ2n) is 4.06. The molecule has 2 heteroatoms. The van der Waals surface area contributed by atoms with Crippen LogP contribution < -0.4 is 12.5 Å². The zero-order valence-corrected chi connectivity index (χ0v) is 14.3. The molecule has 3 aromatic rings. The standard InChI is InChI=1S/3C6H5.H3P.Rh/c3*1-2-4-6-5-3-1;;/h3*1-5H;1H3;. The maximum atomic E-state index is 2.26. The van der Waals surface area contributed by atoms with Gasteiger partial charge in [-0.25, -0.2) is 0 Å². The minimum absolute atomic E-state index is 0. The summed E-state index contributed by atoms with van der Waals surface area (Å²) in [7, 11) is 0. The van der Waals surface area contributed by atoms with Gasteiger partial charge in [-0.15, -0.1) is 0 Å². The first kappa shape index (κ1) is 15.1. The molecule has 0 N–H and O–H groups in total. The molecular weight excluding hydrogens is 350 g/mol. The Labute approximate surface area is 129 Å². The van der Waals surface area contributed by atoms with Crippen LogP contribution in [0.2, 0.25) is 0 Å². The second-order valence-corrected chi connectivity index (χ2v) is 8.13. The molecule has 0 bridgehead atoms. The van der Waals surface area contributed by atoms with Gasteiger partial charge in [0.05, 0.1) is 0 Å². The van der Waals surface area contributed by atoms with E-state index in [9.17, 15) is 0 Å². The molecule has 0 saturated heterocycles. The predicted octanol–water partition coefficient (Wildman–Crippen LogP) is 2.64. The van der Waals surface area contributed by atoms with Crippen molar-refractivity contribution < 1.29 is 16.0 Å². The van der Waals surface area contributed by atoms with Crippen LogP contribution in [0.15, 0.2) is 91.0 Å². The molecule has 1 unspecified atom stereocenters. The van der Waals surface area contributed by atoms with Crippen molar-refractivity contribution in [3.05, 3.63) is 91.0 Å². The predicted molar refractivity (Wildman–Crippen MR) is 89.3 cm³/mol. The maximum absolute atomic E-state index is 2.26. The molecule has 0 spiro atoms. The van der Waals surface area contributed by atoms with Gasteiger partial charge in [0.25, 0.3) is 0 Å². The van der Waals surface area contributed by atoms with Crippen LogP contribution in [0.5, 0.6) is 0 Å². The van der Waals surface area contributed by atoms with Gasteiger partial charge in [0.1, 0.15) is 0 Å². The quantitative estimate of drug-likeness (QED) is 0.493. The molecule has 0 aromatic heterocycles. The van der Waals surface area contributed by atoms with E-state index in [0.717, 1.165) is 0 Å². The van der Waals surface area contributed by atoms with Crippen molar-refractivity contribution in [1.82, 2.24) is 0 Å². The van der Waals surface area contributed by atoms with Gasteiger partial charge >= 0.3 is 119 Å². The molecule has 0 radical (unpaired) electrons. The summed E-state index contributed by atoms with van der Waals surface area (Å²) < 4.78 is 4.39. The average Bonchev–Trinajstić information content (AvgIpc) is 2.51. The zero-order valence-electron chi connectivity index (χ0n) is 11.2. The number of hydrogen-bond donors (Lipinski definition) is 0. The van der Waals surface area contributed by atoms with E-state index in [-0.39, 0.29) is 9.90 Å². The third-order valence-electron chi connectivity index (χ3n) is 2.73. The van der Waals surface area contributed by atoms with Gasteiger partial charge in [0, 0.05) is 0 Å². The van der Waals surface area contributed by atoms with E-state index in [0.29, 0.717) is 0 Å². The first-order valence-electron chi connectivity index (χ1n) is 6.23. The molecule has 0 nitrogen and oxygen atoms in total. The first-order chi connectivity index (χ1) is 9.45. The summed E-state index contributed by atoms with van der Waals surface area (Å²) in [4.78, 5) is 0. The third kappa shape index (κ3) is 3.42. The molecule has 0 aliphatic heterocycles. The summed E-state index contributed by atoms with van der Waals surface area (Å²) in [5.74, 6) is 0. The number of hydrogen-bond acceptors (Lipinski definition) is 0. The molecular formula is C18H18PRh. The number of rotatable bonds is 3. The van der Waals surface area contributed by atoms with E-state index < -0.39 is 16.0 Å². The summed E-state index contributed by atoms with van der Waals surface area (Å²) >= 11 is -1.21. The fourth-order valence-corrected chi connectivity index (χ4v) is 6.11. The van der Waals surface area contributed by atoms with Gasteiger partial charge in [-0.1, -0.05) is 0 Å². The number of benzene rings is 3. The summed E-state index contributed by atoms with van der Waals surface area (Å²) in [6.45, 7) is 0.